The van der Waals surface area contributed by atoms with Gasteiger partial charge < -0.3 is 15.5 Å². The largest absolute Gasteiger partial charge is 0.393 e. The highest BCUT2D eigenvalue weighted by Gasteiger charge is 2.65. The first-order valence-corrected chi connectivity index (χ1v) is 10.6. The van der Waals surface area contributed by atoms with Crippen LogP contribution in [-0.2, 0) is 0 Å². The Morgan fingerprint density at radius 3 is 2.76 bits per heavy atom. The summed E-state index contributed by atoms with van der Waals surface area (Å²) < 4.78 is 0. The molecule has 140 valence electrons. The van der Waals surface area contributed by atoms with Crippen molar-refractivity contribution in [2.45, 2.75) is 88.0 Å². The molecule has 1 heterocycles. The molecule has 0 aromatic rings. The summed E-state index contributed by atoms with van der Waals surface area (Å²) in [5.74, 6) is 0.883. The second-order valence-electron chi connectivity index (χ2n) is 9.62. The Morgan fingerprint density at radius 1 is 1.16 bits per heavy atom. The van der Waals surface area contributed by atoms with Gasteiger partial charge in [-0.15, -0.1) is 0 Å². The first-order valence-electron chi connectivity index (χ1n) is 10.6. The third-order valence-corrected chi connectivity index (χ3v) is 8.38. The summed E-state index contributed by atoms with van der Waals surface area (Å²) in [5, 5.41) is 26.0. The molecule has 0 unspecified atom stereocenters. The molecule has 4 heteroatoms. The molecule has 3 fully saturated rings. The Balaban J connectivity index is 1.57. The van der Waals surface area contributed by atoms with Crippen molar-refractivity contribution >= 4 is 0 Å². The molecule has 5 rings (SSSR count). The molecule has 0 amide bonds. The van der Waals surface area contributed by atoms with Crippen molar-refractivity contribution in [1.29, 1.82) is 0 Å². The van der Waals surface area contributed by atoms with E-state index in [-0.39, 0.29) is 11.5 Å². The van der Waals surface area contributed by atoms with Gasteiger partial charge >= 0.3 is 0 Å². The van der Waals surface area contributed by atoms with Crippen LogP contribution >= 0.6 is 0 Å². The van der Waals surface area contributed by atoms with Crippen molar-refractivity contribution in [2.75, 3.05) is 20.1 Å². The summed E-state index contributed by atoms with van der Waals surface area (Å²) in [6.07, 6.45) is 10.5. The van der Waals surface area contributed by atoms with Gasteiger partial charge in [0.25, 0.3) is 0 Å². The molecule has 4 nitrogen and oxygen atoms in total. The van der Waals surface area contributed by atoms with Crippen LogP contribution < -0.4 is 5.32 Å². The maximum atomic E-state index is 12.1. The van der Waals surface area contributed by atoms with Crippen LogP contribution in [0.25, 0.3) is 0 Å². The molecule has 4 aliphatic carbocycles. The number of hydrogen-bond acceptors (Lipinski definition) is 4. The molecule has 1 aliphatic heterocycles. The molecular weight excluding hydrogens is 312 g/mol. The van der Waals surface area contributed by atoms with Crippen molar-refractivity contribution < 1.29 is 10.2 Å². The maximum Gasteiger partial charge on any atom is 0.0899 e. The highest BCUT2D eigenvalue weighted by atomic mass is 16.3. The third-order valence-electron chi connectivity index (χ3n) is 8.38. The lowest BCUT2D eigenvalue weighted by atomic mass is 9.47. The molecule has 0 aromatic carbocycles. The Morgan fingerprint density at radius 2 is 2.00 bits per heavy atom. The fraction of sp³-hybridized carbons (Fsp3) is 0.905. The molecule has 2 bridgehead atoms. The van der Waals surface area contributed by atoms with Gasteiger partial charge in [0.15, 0.2) is 0 Å². The molecule has 5 aliphatic rings. The predicted molar refractivity (Wildman–Crippen MR) is 98.3 cm³/mol. The summed E-state index contributed by atoms with van der Waals surface area (Å²) in [6.45, 7) is 2.33. The molecule has 0 spiro atoms. The van der Waals surface area contributed by atoms with E-state index in [1.165, 1.54) is 25.0 Å². The van der Waals surface area contributed by atoms with Crippen molar-refractivity contribution in [3.8, 4) is 0 Å². The van der Waals surface area contributed by atoms with Gasteiger partial charge in [0.05, 0.1) is 11.7 Å². The topological polar surface area (TPSA) is 55.7 Å². The van der Waals surface area contributed by atoms with E-state index in [0.717, 1.165) is 63.8 Å². The summed E-state index contributed by atoms with van der Waals surface area (Å²) in [6, 6.07) is 0.815. The van der Waals surface area contributed by atoms with E-state index >= 15 is 0 Å². The Labute approximate surface area is 151 Å². The summed E-state index contributed by atoms with van der Waals surface area (Å²) >= 11 is 0. The molecule has 2 saturated carbocycles. The second kappa shape index (κ2) is 5.79. The molecular formula is C21H34N2O2. The Bertz CT molecular complexity index is 586. The van der Waals surface area contributed by atoms with E-state index in [1.54, 1.807) is 5.57 Å². The van der Waals surface area contributed by atoms with Crippen LogP contribution in [0.1, 0.15) is 64.2 Å². The SMILES string of the molecule is CN[C@H]1CC[C@@]2(O)[C@H]3CC4=C(C[C@@H](O)CC4)[C@@]2(CCN3CC2CC2)C1. The lowest BCUT2D eigenvalue weighted by molar-refractivity contribution is -0.193. The smallest absolute Gasteiger partial charge is 0.0899 e. The van der Waals surface area contributed by atoms with Crippen LogP contribution in [0.2, 0.25) is 0 Å². The number of piperidine rings is 1. The lowest BCUT2D eigenvalue weighted by Crippen LogP contribution is -2.72. The van der Waals surface area contributed by atoms with Gasteiger partial charge in [0.2, 0.25) is 0 Å². The molecule has 1 saturated heterocycles. The highest BCUT2D eigenvalue weighted by molar-refractivity contribution is 5.39. The second-order valence-corrected chi connectivity index (χ2v) is 9.62. The Hall–Kier alpha value is -0.420. The van der Waals surface area contributed by atoms with E-state index in [2.05, 4.69) is 17.3 Å². The summed E-state index contributed by atoms with van der Waals surface area (Å²) in [7, 11) is 2.07. The van der Waals surface area contributed by atoms with Gasteiger partial charge in [0, 0.05) is 24.0 Å². The zero-order valence-corrected chi connectivity index (χ0v) is 15.6. The zero-order chi connectivity index (χ0) is 17.2. The molecule has 0 aromatic heterocycles. The molecule has 3 N–H and O–H groups in total. The minimum absolute atomic E-state index is 0.0847. The first-order chi connectivity index (χ1) is 12.1. The molecule has 5 atom stereocenters. The van der Waals surface area contributed by atoms with Crippen LogP contribution in [0, 0.1) is 11.3 Å². The predicted octanol–water partition coefficient (Wildman–Crippen LogP) is 2.21. The van der Waals surface area contributed by atoms with Gasteiger partial charge in [-0.25, -0.2) is 0 Å². The fourth-order valence-corrected chi connectivity index (χ4v) is 6.83. The Kier molecular flexibility index (Phi) is 3.87. The fourth-order valence-electron chi connectivity index (χ4n) is 6.83. The van der Waals surface area contributed by atoms with E-state index in [9.17, 15) is 10.2 Å². The van der Waals surface area contributed by atoms with Crippen LogP contribution in [0.3, 0.4) is 0 Å². The van der Waals surface area contributed by atoms with E-state index in [1.807, 2.05) is 0 Å². The van der Waals surface area contributed by atoms with E-state index in [4.69, 9.17) is 0 Å². The normalized spacial score (nSPS) is 47.4. The summed E-state index contributed by atoms with van der Waals surface area (Å²) in [4.78, 5) is 2.66. The van der Waals surface area contributed by atoms with Crippen molar-refractivity contribution in [2.24, 2.45) is 11.3 Å². The van der Waals surface area contributed by atoms with Gasteiger partial charge in [-0.3, -0.25) is 4.90 Å². The number of nitrogens with zero attached hydrogens (tertiary/aromatic N) is 1. The van der Waals surface area contributed by atoms with Crippen LogP contribution in [0.15, 0.2) is 11.1 Å². The summed E-state index contributed by atoms with van der Waals surface area (Å²) in [5.41, 5.74) is 2.40. The minimum Gasteiger partial charge on any atom is -0.393 e. The number of likely N-dealkylation sites (tertiary alicyclic amines) is 1. The van der Waals surface area contributed by atoms with Crippen LogP contribution in [-0.4, -0.2) is 59.0 Å². The third kappa shape index (κ3) is 2.40. The van der Waals surface area contributed by atoms with Gasteiger partial charge in [0.1, 0.15) is 0 Å². The number of nitrogens with one attached hydrogen (secondary N) is 1. The minimum atomic E-state index is -0.580. The van der Waals surface area contributed by atoms with Crippen molar-refractivity contribution in [1.82, 2.24) is 10.2 Å². The lowest BCUT2D eigenvalue weighted by Gasteiger charge is -2.66. The number of hydrogen-bond donors (Lipinski definition) is 3. The average Bonchev–Trinajstić information content (AvgIpc) is 3.41. The maximum absolute atomic E-state index is 12.1. The van der Waals surface area contributed by atoms with Crippen LogP contribution in [0.4, 0.5) is 0 Å². The van der Waals surface area contributed by atoms with Crippen LogP contribution in [0.5, 0.6) is 0 Å². The van der Waals surface area contributed by atoms with Gasteiger partial charge in [-0.2, -0.15) is 0 Å². The van der Waals surface area contributed by atoms with Gasteiger partial charge in [-0.1, -0.05) is 11.1 Å². The van der Waals surface area contributed by atoms with E-state index in [0.29, 0.717) is 12.1 Å². The zero-order valence-electron chi connectivity index (χ0n) is 15.6. The van der Waals surface area contributed by atoms with Crippen molar-refractivity contribution in [3.05, 3.63) is 11.1 Å². The number of aliphatic hydroxyl groups is 2. The van der Waals surface area contributed by atoms with Crippen molar-refractivity contribution in [3.63, 3.8) is 0 Å². The highest BCUT2D eigenvalue weighted by Crippen LogP contribution is 2.63. The molecule has 25 heavy (non-hydrogen) atoms. The number of rotatable bonds is 3. The number of aliphatic hydroxyl groups excluding tert-OH is 1. The molecule has 0 radical (unpaired) electrons. The quantitative estimate of drug-likeness (QED) is 0.686. The standard InChI is InChI=1S/C21H34N2O2/c1-22-16-6-7-21(25)19-10-15-4-5-17(24)11-18(15)20(21,12-16)8-9-23(19)13-14-2-3-14/h14,16-17,19,22,24-25H,2-13H2,1H3/t16-,17-,19+,20+,21+/m0/s1. The van der Waals surface area contributed by atoms with E-state index < -0.39 is 5.60 Å². The average molecular weight is 347 g/mol. The first kappa shape index (κ1) is 16.7. The van der Waals surface area contributed by atoms with Gasteiger partial charge in [-0.05, 0) is 83.7 Å². The monoisotopic (exact) mass is 346 g/mol.